The molecule has 0 saturated carbocycles. The average Bonchev–Trinajstić information content (AvgIpc) is 1.47. The Morgan fingerprint density at radius 2 is 0.761 bits per heavy atom. The molecule has 0 amide bonds. The first-order valence-electron chi connectivity index (χ1n) is 28.3. The highest BCUT2D eigenvalue weighted by Crippen LogP contribution is 2.39. The summed E-state index contributed by atoms with van der Waals surface area (Å²) in [4.78, 5) is 61.3. The smallest absolute Gasteiger partial charge is 0.338 e. The number of azide groups is 2. The molecule has 3 fully saturated rings. The summed E-state index contributed by atoms with van der Waals surface area (Å²) in [6.07, 6.45) is -18.6. The lowest BCUT2D eigenvalue weighted by molar-refractivity contribution is -0.372. The average molecular weight is 1210 g/mol. The summed E-state index contributed by atoms with van der Waals surface area (Å²) in [5.74, 6) is -3.03. The maximum Gasteiger partial charge on any atom is 0.338 e. The van der Waals surface area contributed by atoms with E-state index >= 15 is 0 Å². The second kappa shape index (κ2) is 32.4. The summed E-state index contributed by atoms with van der Waals surface area (Å²) in [6.45, 7) is -0.636. The van der Waals surface area contributed by atoms with Gasteiger partial charge < -0.3 is 66.3 Å². The number of carbonyl (C=O) groups is 4. The number of methoxy groups -OCH3 is 2. The normalized spacial score (nSPS) is 26.6. The molecule has 6 aromatic rings. The van der Waals surface area contributed by atoms with E-state index in [0.717, 1.165) is 5.56 Å². The van der Waals surface area contributed by atoms with E-state index in [2.05, 4.69) is 20.1 Å². The number of rotatable bonds is 27. The first-order chi connectivity index (χ1) is 43.0. The maximum absolute atomic E-state index is 14.8. The first kappa shape index (κ1) is 63.9. The molecule has 24 heteroatoms. The number of hydrogen-bond acceptors (Lipinski definition) is 20. The molecule has 3 aliphatic heterocycles. The van der Waals surface area contributed by atoms with Crippen LogP contribution in [0.4, 0.5) is 0 Å². The fourth-order valence-corrected chi connectivity index (χ4v) is 10.4. The molecule has 24 nitrogen and oxygen atoms in total. The molecule has 6 aromatic carbocycles. The van der Waals surface area contributed by atoms with Gasteiger partial charge in [-0.05, 0) is 64.2 Å². The highest BCUT2D eigenvalue weighted by Gasteiger charge is 2.58. The van der Waals surface area contributed by atoms with Crippen molar-refractivity contribution in [2.75, 3.05) is 34.0 Å². The van der Waals surface area contributed by atoms with Gasteiger partial charge in [0.1, 0.15) is 86.8 Å². The molecule has 0 aromatic heterocycles. The number of nitrogens with zero attached hydrogens (tertiary/aromatic N) is 6. The van der Waals surface area contributed by atoms with Crippen LogP contribution in [0.25, 0.3) is 20.9 Å². The Balaban J connectivity index is 1.16. The lowest BCUT2D eigenvalue weighted by Crippen LogP contribution is -2.68. The minimum absolute atomic E-state index is 0.0218. The zero-order chi connectivity index (χ0) is 61.6. The van der Waals surface area contributed by atoms with Gasteiger partial charge in [0.05, 0.1) is 36.5 Å². The van der Waals surface area contributed by atoms with Crippen LogP contribution < -0.4 is 0 Å². The molecule has 0 spiro atoms. The molecule has 0 bridgehead atoms. The van der Waals surface area contributed by atoms with Crippen LogP contribution in [0, 0.1) is 0 Å². The van der Waals surface area contributed by atoms with Gasteiger partial charge in [0.2, 0.25) is 0 Å². The molecule has 0 radical (unpaired) electrons. The first-order valence-corrected chi connectivity index (χ1v) is 28.3. The van der Waals surface area contributed by atoms with E-state index in [1.54, 1.807) is 103 Å². The van der Waals surface area contributed by atoms with Gasteiger partial charge in [-0.3, -0.25) is 4.79 Å². The van der Waals surface area contributed by atoms with Crippen LogP contribution in [-0.2, 0) is 90.9 Å². The third-order valence-electron chi connectivity index (χ3n) is 14.6. The van der Waals surface area contributed by atoms with Gasteiger partial charge >= 0.3 is 23.9 Å². The van der Waals surface area contributed by atoms with Gasteiger partial charge in [-0.1, -0.05) is 156 Å². The van der Waals surface area contributed by atoms with Crippen molar-refractivity contribution in [3.63, 3.8) is 0 Å². The number of ether oxygens (including phenoxy) is 14. The lowest BCUT2D eigenvalue weighted by atomic mass is 9.94. The molecule has 15 atom stereocenters. The fourth-order valence-electron chi connectivity index (χ4n) is 10.4. The van der Waals surface area contributed by atoms with Crippen molar-refractivity contribution in [2.24, 2.45) is 10.2 Å². The van der Waals surface area contributed by atoms with Crippen LogP contribution in [0.3, 0.4) is 0 Å². The molecular formula is C64H66N6O18. The molecule has 460 valence electrons. The van der Waals surface area contributed by atoms with Crippen LogP contribution in [0.15, 0.2) is 192 Å². The van der Waals surface area contributed by atoms with Crippen molar-refractivity contribution in [1.29, 1.82) is 0 Å². The number of carbonyl (C=O) groups excluding carboxylic acids is 4. The van der Waals surface area contributed by atoms with E-state index in [4.69, 9.17) is 66.3 Å². The predicted molar refractivity (Wildman–Crippen MR) is 310 cm³/mol. The van der Waals surface area contributed by atoms with Crippen molar-refractivity contribution in [2.45, 2.75) is 119 Å². The van der Waals surface area contributed by atoms with Gasteiger partial charge in [-0.15, -0.1) is 0 Å². The van der Waals surface area contributed by atoms with E-state index < -0.39 is 136 Å². The minimum Gasteiger partial charge on any atom is -0.463 e. The van der Waals surface area contributed by atoms with E-state index in [1.165, 1.54) is 33.3 Å². The van der Waals surface area contributed by atoms with Gasteiger partial charge in [0.15, 0.2) is 25.0 Å². The minimum atomic E-state index is -1.80. The largest absolute Gasteiger partial charge is 0.463 e. The standard InChI is InChI=1S/C64H66N6O18/c1-40(71)77-37-48-54(87-63-51(68-70-66)55(78-34-41-22-10-4-11-23-41)52(75-2)47(84-63)38-81-59(72)44-28-16-7-17-29-44)57(80-36-43-26-14-6-15-27-43)58(86-61(74)46-32-20-9-21-33-46)64(85-48)88-53-49(39-82-60(73)45-30-18-8-19-31-45)83-62(76-3)50(67-69-65)56(53)79-35-42-24-12-5-13-25-42/h4-33,47-58,62-64H,34-39H2,1-3H3/t47?,48-,49?,50-,51-,52?,53?,54+,55-,56-,57?,58?,62?,63?,64-/m0/s1. The van der Waals surface area contributed by atoms with Crippen molar-refractivity contribution in [1.82, 2.24) is 0 Å². The molecule has 3 heterocycles. The molecule has 3 saturated heterocycles. The second-order valence-electron chi connectivity index (χ2n) is 20.4. The molecule has 8 unspecified atom stereocenters. The van der Waals surface area contributed by atoms with E-state index in [9.17, 15) is 30.2 Å². The summed E-state index contributed by atoms with van der Waals surface area (Å²) < 4.78 is 90.4. The number of benzene rings is 6. The summed E-state index contributed by atoms with van der Waals surface area (Å²) >= 11 is 0. The molecule has 0 aliphatic carbocycles. The maximum atomic E-state index is 14.8. The molecule has 88 heavy (non-hydrogen) atoms. The number of hydrogen-bond donors (Lipinski definition) is 0. The third-order valence-corrected chi connectivity index (χ3v) is 14.6. The SMILES string of the molecule is COC1OC(COC(=O)c2ccccc2)C(O[C@@H]2O[C@@H](COC(C)=O)[C@@H](OC3OC(COC(=O)c4ccccc4)C(OC)[C@@H](OCc4ccccc4)[C@@H]3N=[N+]=[N-])C(OCc3ccccc3)C2OC(=O)c2ccccc2)[C@@H](OCc2ccccc2)[C@@H]1N=[N+]=[N-]. The Kier molecular flexibility index (Phi) is 23.5. The highest BCUT2D eigenvalue weighted by molar-refractivity contribution is 5.90. The fraction of sp³-hybridized carbons (Fsp3) is 0.375. The molecule has 0 N–H and O–H groups in total. The van der Waals surface area contributed by atoms with E-state index in [1.807, 2.05) is 66.7 Å². The predicted octanol–water partition coefficient (Wildman–Crippen LogP) is 9.21. The Morgan fingerprint density at radius 1 is 0.409 bits per heavy atom. The Hall–Kier alpha value is -8.58. The quantitative estimate of drug-likeness (QED) is 0.0152. The van der Waals surface area contributed by atoms with Crippen LogP contribution in [-0.4, -0.2) is 150 Å². The summed E-state index contributed by atoms with van der Waals surface area (Å²) in [7, 11) is 2.73. The van der Waals surface area contributed by atoms with E-state index in [-0.39, 0.29) is 36.5 Å². The Bertz CT molecular complexity index is 3260. The monoisotopic (exact) mass is 1210 g/mol. The van der Waals surface area contributed by atoms with E-state index in [0.29, 0.717) is 11.1 Å². The van der Waals surface area contributed by atoms with Crippen LogP contribution in [0.1, 0.15) is 54.7 Å². The summed E-state index contributed by atoms with van der Waals surface area (Å²) in [6, 6.07) is 49.1. The second-order valence-corrected chi connectivity index (χ2v) is 20.4. The van der Waals surface area contributed by atoms with Crippen molar-refractivity contribution in [3.8, 4) is 0 Å². The van der Waals surface area contributed by atoms with Crippen molar-refractivity contribution < 1.29 is 85.5 Å². The summed E-state index contributed by atoms with van der Waals surface area (Å²) in [5.41, 5.74) is 23.1. The van der Waals surface area contributed by atoms with Gasteiger partial charge in [-0.2, -0.15) is 0 Å². The van der Waals surface area contributed by atoms with Crippen LogP contribution >= 0.6 is 0 Å². The van der Waals surface area contributed by atoms with Crippen molar-refractivity contribution >= 4 is 23.9 Å². The van der Waals surface area contributed by atoms with Gasteiger partial charge in [0.25, 0.3) is 0 Å². The van der Waals surface area contributed by atoms with Crippen LogP contribution in [0.5, 0.6) is 0 Å². The summed E-state index contributed by atoms with van der Waals surface area (Å²) in [5, 5.41) is 8.27. The zero-order valence-corrected chi connectivity index (χ0v) is 48.3. The number of esters is 4. The molecule has 3 aliphatic rings. The highest BCUT2D eigenvalue weighted by atomic mass is 16.8. The topological polar surface area (TPSA) is 295 Å². The third kappa shape index (κ3) is 16.9. The molecule has 9 rings (SSSR count). The Labute approximate surface area is 506 Å². The lowest BCUT2D eigenvalue weighted by Gasteiger charge is -2.50. The zero-order valence-electron chi connectivity index (χ0n) is 48.3. The van der Waals surface area contributed by atoms with Crippen molar-refractivity contribution in [3.05, 3.63) is 236 Å². The van der Waals surface area contributed by atoms with Gasteiger partial charge in [-0.25, -0.2) is 14.4 Å². The molecular weight excluding hydrogens is 1140 g/mol. The Morgan fingerprint density at radius 3 is 1.19 bits per heavy atom. The van der Waals surface area contributed by atoms with Gasteiger partial charge in [0, 0.05) is 31.0 Å². The van der Waals surface area contributed by atoms with Crippen LogP contribution in [0.2, 0.25) is 0 Å².